The van der Waals surface area contributed by atoms with E-state index in [4.69, 9.17) is 4.74 Å². The predicted octanol–water partition coefficient (Wildman–Crippen LogP) is 11.8. The first-order valence-corrected chi connectivity index (χ1v) is 23.9. The van der Waals surface area contributed by atoms with Crippen molar-refractivity contribution < 1.29 is 36.6 Å². The number of hydrogen-bond acceptors (Lipinski definition) is 10. The monoisotopic (exact) mass is 859 g/mol. The minimum Gasteiger partial charge on any atom is -0.506 e. The van der Waals surface area contributed by atoms with Crippen molar-refractivity contribution in [3.8, 4) is 17.2 Å². The molecule has 0 aliphatic carbocycles. The molecule has 60 heavy (non-hydrogen) atoms. The predicted molar refractivity (Wildman–Crippen MR) is 241 cm³/mol. The zero-order valence-corrected chi connectivity index (χ0v) is 36.3. The number of ether oxygens (including phenoxy) is 1. The van der Waals surface area contributed by atoms with Crippen molar-refractivity contribution in [2.75, 3.05) is 27.6 Å². The molecule has 0 aliphatic heterocycles. The number of phenols is 2. The number of rotatable bonds is 24. The fraction of sp³-hybridized carbons (Fsp3) is 0.400. The van der Waals surface area contributed by atoms with Gasteiger partial charge < -0.3 is 20.3 Å². The van der Waals surface area contributed by atoms with Crippen LogP contribution in [0, 0.1) is 0 Å². The van der Waals surface area contributed by atoms with Crippen LogP contribution in [0.5, 0.6) is 17.2 Å². The number of amides is 1. The van der Waals surface area contributed by atoms with Crippen LogP contribution < -0.4 is 19.5 Å². The highest BCUT2D eigenvalue weighted by Crippen LogP contribution is 2.44. The normalized spacial score (nSPS) is 12.0. The molecule has 5 aromatic rings. The number of carbonyl (C=O) groups is 1. The lowest BCUT2D eigenvalue weighted by Crippen LogP contribution is -2.18. The lowest BCUT2D eigenvalue weighted by Gasteiger charge is -2.18. The van der Waals surface area contributed by atoms with Crippen LogP contribution in [0.4, 0.5) is 28.4 Å². The molecule has 0 atom stereocenters. The molecule has 13 nitrogen and oxygen atoms in total. The third-order valence-electron chi connectivity index (χ3n) is 10.3. The molecule has 1 amide bonds. The van der Waals surface area contributed by atoms with Crippen molar-refractivity contribution in [1.29, 1.82) is 0 Å². The number of benzene rings is 5. The average Bonchev–Trinajstić information content (AvgIpc) is 3.21. The highest BCUT2D eigenvalue weighted by Gasteiger charge is 2.25. The number of fused-ring (bicyclic) bond motifs is 2. The Bertz CT molecular complexity index is 2510. The number of aromatic hydroxyl groups is 2. The van der Waals surface area contributed by atoms with Gasteiger partial charge in [-0.15, -0.1) is 10.2 Å². The summed E-state index contributed by atoms with van der Waals surface area (Å²) in [6, 6.07) is 20.0. The molecular weight excluding hydrogens is 803 g/mol. The molecular formula is C45H57N5O8S2. The summed E-state index contributed by atoms with van der Waals surface area (Å²) in [6.45, 7) is 3.51. The van der Waals surface area contributed by atoms with Gasteiger partial charge >= 0.3 is 0 Å². The van der Waals surface area contributed by atoms with Gasteiger partial charge in [0.25, 0.3) is 10.0 Å². The Morgan fingerprint density at radius 3 is 1.93 bits per heavy atom. The molecule has 0 unspecified atom stereocenters. The topological polar surface area (TPSA) is 196 Å². The van der Waals surface area contributed by atoms with Crippen LogP contribution in [-0.2, 0) is 24.8 Å². The molecule has 15 heteroatoms. The maximum atomic E-state index is 14.3. The molecule has 0 saturated heterocycles. The first kappa shape index (κ1) is 45.7. The Balaban J connectivity index is 1.32. The molecule has 0 heterocycles. The summed E-state index contributed by atoms with van der Waals surface area (Å²) in [5, 5.41) is 34.2. The van der Waals surface area contributed by atoms with Gasteiger partial charge in [-0.25, -0.2) is 16.8 Å². The van der Waals surface area contributed by atoms with Crippen LogP contribution >= 0.6 is 0 Å². The number of phenolic OH excluding ortho intramolecular Hbond substituents is 2. The zero-order valence-electron chi connectivity index (χ0n) is 34.7. The molecule has 5 aromatic carbocycles. The van der Waals surface area contributed by atoms with Gasteiger partial charge in [-0.1, -0.05) is 127 Å². The fourth-order valence-electron chi connectivity index (χ4n) is 7.27. The third kappa shape index (κ3) is 12.3. The second-order valence-electron chi connectivity index (χ2n) is 15.0. The molecule has 0 aromatic heterocycles. The van der Waals surface area contributed by atoms with Gasteiger partial charge in [-0.2, -0.15) is 0 Å². The molecule has 0 aliphatic rings. The number of azo groups is 1. The van der Waals surface area contributed by atoms with Gasteiger partial charge in [0.2, 0.25) is 15.9 Å². The van der Waals surface area contributed by atoms with E-state index in [1.807, 2.05) is 0 Å². The summed E-state index contributed by atoms with van der Waals surface area (Å²) in [7, 11) is -6.93. The second-order valence-corrected chi connectivity index (χ2v) is 18.5. The second kappa shape index (κ2) is 21.7. The molecule has 0 radical (unpaired) electrons. The Morgan fingerprint density at radius 2 is 1.28 bits per heavy atom. The Kier molecular flexibility index (Phi) is 16.5. The van der Waals surface area contributed by atoms with Crippen LogP contribution in [-0.4, -0.2) is 45.8 Å². The van der Waals surface area contributed by atoms with Crippen molar-refractivity contribution in [3.05, 3.63) is 78.9 Å². The molecule has 0 bridgehead atoms. The van der Waals surface area contributed by atoms with Crippen LogP contribution in [0.25, 0.3) is 21.5 Å². The molecule has 5 rings (SSSR count). The molecule has 0 spiro atoms. The molecule has 0 saturated carbocycles. The van der Waals surface area contributed by atoms with Crippen molar-refractivity contribution in [2.24, 2.45) is 10.2 Å². The number of hydrogen-bond donors (Lipinski definition) is 5. The first-order chi connectivity index (χ1) is 28.8. The number of nitrogens with one attached hydrogen (secondary N) is 3. The van der Waals surface area contributed by atoms with Gasteiger partial charge in [-0.3, -0.25) is 14.2 Å². The zero-order chi connectivity index (χ0) is 43.1. The summed E-state index contributed by atoms with van der Waals surface area (Å²) < 4.78 is 65.7. The minimum absolute atomic E-state index is 0.0137. The summed E-state index contributed by atoms with van der Waals surface area (Å²) in [6.07, 6.45) is 16.0. The van der Waals surface area contributed by atoms with E-state index in [0.717, 1.165) is 25.7 Å². The van der Waals surface area contributed by atoms with E-state index < -0.39 is 37.5 Å². The van der Waals surface area contributed by atoms with Crippen LogP contribution in [0.1, 0.15) is 104 Å². The minimum atomic E-state index is -4.57. The number of para-hydroxylation sites is 1. The SMILES string of the molecule is CCCCCCCCCCCCCCCCS(=O)(=O)Nc1cccc2ccc(O)c(NS(=O)(=O)c3ccc(NC(C)=O)c4c(O)c(/N=N/c5ccccc5OC)ccc34)c12. The van der Waals surface area contributed by atoms with E-state index in [1.54, 1.807) is 42.5 Å². The van der Waals surface area contributed by atoms with Crippen molar-refractivity contribution in [1.82, 2.24) is 0 Å². The highest BCUT2D eigenvalue weighted by molar-refractivity contribution is 7.93. The van der Waals surface area contributed by atoms with E-state index >= 15 is 0 Å². The molecule has 322 valence electrons. The quantitative estimate of drug-likeness (QED) is 0.0229. The fourth-order valence-corrected chi connectivity index (χ4v) is 9.75. The van der Waals surface area contributed by atoms with Crippen LogP contribution in [0.15, 0.2) is 94.0 Å². The Morgan fingerprint density at radius 1 is 0.650 bits per heavy atom. The van der Waals surface area contributed by atoms with Crippen LogP contribution in [0.2, 0.25) is 0 Å². The van der Waals surface area contributed by atoms with Crippen molar-refractivity contribution in [3.63, 3.8) is 0 Å². The first-order valence-electron chi connectivity index (χ1n) is 20.7. The summed E-state index contributed by atoms with van der Waals surface area (Å²) >= 11 is 0. The lowest BCUT2D eigenvalue weighted by atomic mass is 10.0. The summed E-state index contributed by atoms with van der Waals surface area (Å²) in [5.74, 6) is -1.03. The van der Waals surface area contributed by atoms with E-state index in [2.05, 4.69) is 31.9 Å². The molecule has 0 fully saturated rings. The largest absolute Gasteiger partial charge is 0.506 e. The van der Waals surface area contributed by atoms with Crippen molar-refractivity contribution >= 4 is 75.9 Å². The van der Waals surface area contributed by atoms with Gasteiger partial charge in [0.05, 0.1) is 34.5 Å². The van der Waals surface area contributed by atoms with E-state index in [1.165, 1.54) is 108 Å². The average molecular weight is 860 g/mol. The number of methoxy groups -OCH3 is 1. The van der Waals surface area contributed by atoms with Gasteiger partial charge in [0.15, 0.2) is 5.75 Å². The van der Waals surface area contributed by atoms with E-state index in [9.17, 15) is 31.8 Å². The summed E-state index contributed by atoms with van der Waals surface area (Å²) in [5.41, 5.74) is 0.341. The highest BCUT2D eigenvalue weighted by atomic mass is 32.2. The van der Waals surface area contributed by atoms with Gasteiger partial charge in [0, 0.05) is 17.7 Å². The molecule has 5 N–H and O–H groups in total. The maximum absolute atomic E-state index is 14.3. The van der Waals surface area contributed by atoms with E-state index in [0.29, 0.717) is 23.2 Å². The maximum Gasteiger partial charge on any atom is 0.262 e. The number of unbranched alkanes of at least 4 members (excludes halogenated alkanes) is 13. The number of nitrogens with zero attached hydrogens (tertiary/aromatic N) is 2. The van der Waals surface area contributed by atoms with Crippen molar-refractivity contribution in [2.45, 2.75) is 109 Å². The standard InChI is InChI=1S/C45H57N5O8S2/c1-4-5-6-7-8-9-10-11-12-13-14-15-16-19-31-59(54,55)49-37-23-20-21-33-25-29-39(52)44(42(33)37)50-60(56,57)41-30-28-36(46-32(2)51)43-34(41)26-27-38(45(43)53)48-47-35-22-17-18-24-40(35)58-3/h17-18,20-30,49-50,52-53H,4-16,19,31H2,1-3H3,(H,46,51)/b48-47+. The van der Waals surface area contributed by atoms with Crippen LogP contribution in [0.3, 0.4) is 0 Å². The number of carbonyl (C=O) groups excluding carboxylic acids is 1. The van der Waals surface area contributed by atoms with E-state index in [-0.39, 0.29) is 49.6 Å². The number of sulfonamides is 2. The van der Waals surface area contributed by atoms with Gasteiger partial charge in [-0.05, 0) is 54.3 Å². The lowest BCUT2D eigenvalue weighted by molar-refractivity contribution is -0.114. The summed E-state index contributed by atoms with van der Waals surface area (Å²) in [4.78, 5) is 11.9. The smallest absolute Gasteiger partial charge is 0.262 e. The van der Waals surface area contributed by atoms with Gasteiger partial charge in [0.1, 0.15) is 28.6 Å². The third-order valence-corrected chi connectivity index (χ3v) is 13.1. The number of anilines is 3. The Hall–Kier alpha value is -5.41. The Labute approximate surface area is 353 Å².